The second kappa shape index (κ2) is 30.4. The molecule has 0 spiro atoms. The third-order valence-corrected chi connectivity index (χ3v) is 9.89. The summed E-state index contributed by atoms with van der Waals surface area (Å²) in [4.78, 5) is 132. The molecule has 0 unspecified atom stereocenters. The summed E-state index contributed by atoms with van der Waals surface area (Å²) in [5.41, 5.74) is 1.24. The van der Waals surface area contributed by atoms with Gasteiger partial charge in [-0.2, -0.15) is 0 Å². The van der Waals surface area contributed by atoms with E-state index in [4.69, 9.17) is 10.2 Å². The van der Waals surface area contributed by atoms with Crippen LogP contribution in [0.25, 0.3) is 5.69 Å². The lowest BCUT2D eigenvalue weighted by Gasteiger charge is -2.19. The standard InChI is InChI=1S/C41H57FN10O17/c42-17-5-6-24-22-52(51-50-24)26-11-9-23(10-12-26)35(59)45-25(20-31(53)43-18-3-1-7-27(36(60)61)46-40(68)48-29(38(64)65)13-15-33(55)56)21-32(54)44-19-4-2-8-28(37(62)63)47-41(69)49-30(39(66)67)14-16-34(57)58/h9-12,22,25,27-30H,1-8,13-21H2,(H,43,53)(H,44,54)(H,45,59)(H,55,56)(H,57,58)(H,60,61)(H,62,63)(H,64,65)(H,66,67)(H2,46,48,68)(H2,47,49,69)/t27-,28-,29-,30-/m0/s1. The van der Waals surface area contributed by atoms with Gasteiger partial charge in [-0.25, -0.2) is 33.4 Å². The number of aromatic nitrogens is 3. The number of urea groups is 2. The number of hydrogen-bond acceptors (Lipinski definition) is 13. The lowest BCUT2D eigenvalue weighted by Crippen LogP contribution is -2.51. The van der Waals surface area contributed by atoms with Crippen molar-refractivity contribution in [2.24, 2.45) is 0 Å². The van der Waals surface area contributed by atoms with E-state index in [9.17, 15) is 77.6 Å². The van der Waals surface area contributed by atoms with Gasteiger partial charge >= 0.3 is 47.9 Å². The van der Waals surface area contributed by atoms with Crippen LogP contribution in [-0.2, 0) is 44.8 Å². The molecule has 0 aliphatic rings. The molecule has 0 saturated heterocycles. The van der Waals surface area contributed by atoms with Gasteiger partial charge in [0.1, 0.15) is 24.2 Å². The zero-order chi connectivity index (χ0) is 51.5. The second-order valence-electron chi connectivity index (χ2n) is 15.4. The molecule has 27 nitrogen and oxygen atoms in total. The molecule has 13 N–H and O–H groups in total. The number of nitrogens with zero attached hydrogens (tertiary/aromatic N) is 3. The van der Waals surface area contributed by atoms with Gasteiger partial charge in [0.15, 0.2) is 0 Å². The number of carboxylic acid groups (broad SMARTS) is 6. The highest BCUT2D eigenvalue weighted by Crippen LogP contribution is 2.12. The molecule has 1 aromatic heterocycles. The van der Waals surface area contributed by atoms with Crippen LogP contribution in [0.1, 0.15) is 99.5 Å². The van der Waals surface area contributed by atoms with Crippen molar-refractivity contribution in [1.29, 1.82) is 0 Å². The second-order valence-corrected chi connectivity index (χ2v) is 15.4. The summed E-state index contributed by atoms with van der Waals surface area (Å²) in [5, 5.41) is 79.4. The Hall–Kier alpha value is -7.94. The van der Waals surface area contributed by atoms with Crippen LogP contribution in [0.3, 0.4) is 0 Å². The van der Waals surface area contributed by atoms with Gasteiger partial charge in [0.25, 0.3) is 5.91 Å². The normalized spacial score (nSPS) is 12.6. The molecule has 7 amide bonds. The summed E-state index contributed by atoms with van der Waals surface area (Å²) < 4.78 is 14.0. The number of carbonyl (C=O) groups excluding carboxylic acids is 5. The Balaban J connectivity index is 2.01. The Morgan fingerprint density at radius 3 is 1.36 bits per heavy atom. The van der Waals surface area contributed by atoms with Crippen molar-refractivity contribution in [1.82, 2.24) is 52.2 Å². The highest BCUT2D eigenvalue weighted by atomic mass is 19.1. The Bertz CT molecular complexity index is 2010. The van der Waals surface area contributed by atoms with Crippen LogP contribution in [0.15, 0.2) is 30.5 Å². The van der Waals surface area contributed by atoms with Crippen molar-refractivity contribution < 1.29 is 87.8 Å². The van der Waals surface area contributed by atoms with Crippen molar-refractivity contribution in [3.05, 3.63) is 41.7 Å². The first-order valence-corrected chi connectivity index (χ1v) is 21.6. The Labute approximate surface area is 392 Å². The zero-order valence-electron chi connectivity index (χ0n) is 37.2. The van der Waals surface area contributed by atoms with E-state index in [1.807, 2.05) is 10.6 Å². The molecule has 4 atom stereocenters. The lowest BCUT2D eigenvalue weighted by atomic mass is 10.1. The predicted octanol–water partition coefficient (Wildman–Crippen LogP) is -0.238. The molecule has 0 bridgehead atoms. The number of hydrogen-bond donors (Lipinski definition) is 13. The molecule has 2 aromatic rings. The minimum Gasteiger partial charge on any atom is -0.481 e. The Morgan fingerprint density at radius 2 is 0.971 bits per heavy atom. The molecule has 1 aromatic carbocycles. The van der Waals surface area contributed by atoms with Crippen LogP contribution in [-0.4, -0.2) is 161 Å². The van der Waals surface area contributed by atoms with E-state index < -0.39 is 141 Å². The number of alkyl halides is 1. The SMILES string of the molecule is O=C(O)CC[C@H](NC(=O)N[C@@H](CCCCNC(=O)CC(CC(=O)NCCCC[C@H](NC(=O)N[C@@H](CCC(=O)O)C(=O)O)C(=O)O)NC(=O)c1ccc(-n2cc(CCCF)nn2)cc1)C(=O)O)C(=O)O. The first-order chi connectivity index (χ1) is 32.7. The van der Waals surface area contributed by atoms with Gasteiger partial charge < -0.3 is 67.9 Å². The summed E-state index contributed by atoms with van der Waals surface area (Å²) in [6.45, 7) is -0.522. The third kappa shape index (κ3) is 23.4. The number of halogens is 1. The third-order valence-electron chi connectivity index (χ3n) is 9.89. The van der Waals surface area contributed by atoms with Gasteiger partial charge in [-0.1, -0.05) is 5.21 Å². The van der Waals surface area contributed by atoms with Crippen molar-refractivity contribution in [3.8, 4) is 5.69 Å². The van der Waals surface area contributed by atoms with Crippen molar-refractivity contribution in [2.45, 2.75) is 120 Å². The quantitative estimate of drug-likeness (QED) is 0.0403. The van der Waals surface area contributed by atoms with Crippen molar-refractivity contribution in [2.75, 3.05) is 19.8 Å². The maximum absolute atomic E-state index is 13.4. The van der Waals surface area contributed by atoms with Crippen LogP contribution < -0.4 is 37.2 Å². The fraction of sp³-hybridized carbons (Fsp3) is 0.537. The number of benzene rings is 1. The van der Waals surface area contributed by atoms with E-state index in [1.165, 1.54) is 16.8 Å². The number of unbranched alkanes of at least 4 members (excludes halogenated alkanes) is 2. The minimum atomic E-state index is -1.59. The molecule has 0 fully saturated rings. The van der Waals surface area contributed by atoms with Crippen LogP contribution in [0.2, 0.25) is 0 Å². The van der Waals surface area contributed by atoms with E-state index in [-0.39, 0.29) is 63.6 Å². The lowest BCUT2D eigenvalue weighted by molar-refractivity contribution is -0.142. The van der Waals surface area contributed by atoms with Gasteiger partial charge in [-0.15, -0.1) is 5.10 Å². The molecule has 2 rings (SSSR count). The zero-order valence-corrected chi connectivity index (χ0v) is 37.2. The number of carboxylic acids is 6. The molecule has 1 heterocycles. The predicted molar refractivity (Wildman–Crippen MR) is 233 cm³/mol. The number of nitrogens with one attached hydrogen (secondary N) is 7. The molecule has 0 radical (unpaired) electrons. The smallest absolute Gasteiger partial charge is 0.326 e. The van der Waals surface area contributed by atoms with Crippen LogP contribution in [0.5, 0.6) is 0 Å². The van der Waals surface area contributed by atoms with E-state index in [2.05, 4.69) is 36.9 Å². The highest BCUT2D eigenvalue weighted by Gasteiger charge is 2.27. The molecule has 0 saturated carbocycles. The summed E-state index contributed by atoms with van der Waals surface area (Å²) >= 11 is 0. The largest absolute Gasteiger partial charge is 0.481 e. The number of aliphatic carboxylic acids is 6. The van der Waals surface area contributed by atoms with E-state index in [1.54, 1.807) is 18.3 Å². The van der Waals surface area contributed by atoms with Crippen molar-refractivity contribution in [3.63, 3.8) is 0 Å². The van der Waals surface area contributed by atoms with Gasteiger partial charge in [0, 0.05) is 50.4 Å². The average Bonchev–Trinajstić information content (AvgIpc) is 3.76. The van der Waals surface area contributed by atoms with Gasteiger partial charge in [0.2, 0.25) is 11.8 Å². The molecular formula is C41H57FN10O17. The Kier molecular flexibility index (Phi) is 25.2. The van der Waals surface area contributed by atoms with E-state index in [0.717, 1.165) is 0 Å². The first-order valence-electron chi connectivity index (χ1n) is 21.6. The average molecular weight is 981 g/mol. The molecule has 69 heavy (non-hydrogen) atoms. The molecule has 28 heteroatoms. The van der Waals surface area contributed by atoms with Crippen molar-refractivity contribution >= 4 is 65.6 Å². The van der Waals surface area contributed by atoms with E-state index >= 15 is 0 Å². The van der Waals surface area contributed by atoms with Crippen LogP contribution in [0.4, 0.5) is 14.0 Å². The van der Waals surface area contributed by atoms with E-state index in [0.29, 0.717) is 17.8 Å². The summed E-state index contributed by atoms with van der Waals surface area (Å²) in [7, 11) is 0. The number of aryl methyl sites for hydroxylation is 1. The molecular weight excluding hydrogens is 924 g/mol. The monoisotopic (exact) mass is 980 g/mol. The number of rotatable bonds is 34. The summed E-state index contributed by atoms with van der Waals surface area (Å²) in [6, 6.07) is -3.45. The van der Waals surface area contributed by atoms with Gasteiger partial charge in [-0.3, -0.25) is 28.4 Å². The van der Waals surface area contributed by atoms with Gasteiger partial charge in [0.05, 0.1) is 24.3 Å². The molecule has 380 valence electrons. The first kappa shape index (κ1) is 57.2. The minimum absolute atomic E-state index is 0.00152. The topological polar surface area (TPSA) is 424 Å². The maximum Gasteiger partial charge on any atom is 0.326 e. The molecule has 0 aliphatic carbocycles. The summed E-state index contributed by atoms with van der Waals surface area (Å²) in [5.74, 6) is -10.4. The Morgan fingerprint density at radius 1 is 0.551 bits per heavy atom. The summed E-state index contributed by atoms with van der Waals surface area (Å²) in [6.07, 6.45) is -0.207. The number of carbonyl (C=O) groups is 11. The fourth-order valence-corrected chi connectivity index (χ4v) is 6.27. The van der Waals surface area contributed by atoms with Crippen LogP contribution >= 0.6 is 0 Å². The van der Waals surface area contributed by atoms with Crippen LogP contribution in [0, 0.1) is 0 Å². The highest BCUT2D eigenvalue weighted by molar-refractivity contribution is 5.95. The fourth-order valence-electron chi connectivity index (χ4n) is 6.27. The number of amides is 7. The molecule has 0 aliphatic heterocycles. The maximum atomic E-state index is 13.4. The van der Waals surface area contributed by atoms with Gasteiger partial charge in [-0.05, 0) is 88.5 Å².